The lowest BCUT2D eigenvalue weighted by Gasteiger charge is -2.24. The molecule has 27 heavy (non-hydrogen) atoms. The van der Waals surface area contributed by atoms with E-state index in [1.165, 1.54) is 49.8 Å². The second kappa shape index (κ2) is 10.8. The summed E-state index contributed by atoms with van der Waals surface area (Å²) in [7, 11) is -3.98. The molecule has 6 heteroatoms. The van der Waals surface area contributed by atoms with E-state index in [1.54, 1.807) is 11.3 Å². The first-order valence-electron chi connectivity index (χ1n) is 10.1. The fourth-order valence-corrected chi connectivity index (χ4v) is 5.30. The molecule has 4 N–H and O–H groups in total. The van der Waals surface area contributed by atoms with E-state index in [4.69, 9.17) is 15.5 Å². The van der Waals surface area contributed by atoms with E-state index < -0.39 is 13.1 Å². The van der Waals surface area contributed by atoms with Crippen molar-refractivity contribution in [3.63, 3.8) is 0 Å². The summed E-state index contributed by atoms with van der Waals surface area (Å²) in [6.07, 6.45) is 12.3. The van der Waals surface area contributed by atoms with Crippen LogP contribution in [0.2, 0.25) is 0 Å². The van der Waals surface area contributed by atoms with Crippen LogP contribution < -0.4 is 5.73 Å². The standard InChI is InChI=1S/C21H34NO3PS/c1-21(22,16-17-26(23,24)25)15-14-20-13-12-19(27-20)11-7-3-6-10-18-8-4-2-5-9-18/h12-13,18H,2-6,8-10,14-17,22H2,1H3,(H2,23,24,25). The Labute approximate surface area is 168 Å². The average molecular weight is 412 g/mol. The Bertz CT molecular complexity index is 677. The lowest BCUT2D eigenvalue weighted by Crippen LogP contribution is -2.37. The maximum atomic E-state index is 11.0. The second-order valence-corrected chi connectivity index (χ2v) is 11.2. The molecule has 1 aromatic heterocycles. The molecule has 1 aliphatic carbocycles. The van der Waals surface area contributed by atoms with Crippen LogP contribution in [0.5, 0.6) is 0 Å². The van der Waals surface area contributed by atoms with Crippen molar-refractivity contribution in [3.8, 4) is 11.8 Å². The van der Waals surface area contributed by atoms with Crippen LogP contribution >= 0.6 is 18.9 Å². The molecule has 1 heterocycles. The summed E-state index contributed by atoms with van der Waals surface area (Å²) in [4.78, 5) is 20.3. The Morgan fingerprint density at radius 2 is 2.00 bits per heavy atom. The Morgan fingerprint density at radius 3 is 2.70 bits per heavy atom. The predicted octanol–water partition coefficient (Wildman–Crippen LogP) is 5.07. The summed E-state index contributed by atoms with van der Waals surface area (Å²) in [6, 6.07) is 4.16. The third-order valence-corrected chi connectivity index (χ3v) is 7.30. The fourth-order valence-electron chi connectivity index (χ4n) is 3.62. The van der Waals surface area contributed by atoms with Crippen LogP contribution in [0.3, 0.4) is 0 Å². The molecule has 0 spiro atoms. The van der Waals surface area contributed by atoms with E-state index in [9.17, 15) is 4.57 Å². The molecule has 0 aliphatic heterocycles. The topological polar surface area (TPSA) is 83.6 Å². The molecule has 1 atom stereocenters. The van der Waals surface area contributed by atoms with E-state index in [2.05, 4.69) is 24.0 Å². The maximum Gasteiger partial charge on any atom is 0.325 e. The summed E-state index contributed by atoms with van der Waals surface area (Å²) < 4.78 is 11.0. The van der Waals surface area contributed by atoms with Crippen molar-refractivity contribution in [2.75, 3.05) is 6.16 Å². The molecule has 0 aromatic carbocycles. The second-order valence-electron chi connectivity index (χ2n) is 8.26. The Balaban J connectivity index is 1.69. The largest absolute Gasteiger partial charge is 0.325 e. The van der Waals surface area contributed by atoms with Crippen molar-refractivity contribution in [2.24, 2.45) is 11.7 Å². The van der Waals surface area contributed by atoms with Gasteiger partial charge in [0.2, 0.25) is 0 Å². The van der Waals surface area contributed by atoms with Gasteiger partial charge in [0.05, 0.1) is 11.0 Å². The minimum Gasteiger partial charge on any atom is -0.325 e. The van der Waals surface area contributed by atoms with Gasteiger partial charge in [0.25, 0.3) is 0 Å². The van der Waals surface area contributed by atoms with Gasteiger partial charge in [-0.25, -0.2) is 0 Å². The summed E-state index contributed by atoms with van der Waals surface area (Å²) in [5.74, 6) is 7.53. The zero-order chi connectivity index (χ0) is 19.8. The third-order valence-electron chi connectivity index (χ3n) is 5.43. The summed E-state index contributed by atoms with van der Waals surface area (Å²) in [5, 5.41) is 0. The van der Waals surface area contributed by atoms with Crippen LogP contribution in [0.25, 0.3) is 0 Å². The zero-order valence-corrected chi connectivity index (χ0v) is 18.2. The molecule has 0 amide bonds. The number of hydrogen-bond donors (Lipinski definition) is 3. The highest BCUT2D eigenvalue weighted by atomic mass is 32.1. The lowest BCUT2D eigenvalue weighted by atomic mass is 9.86. The molecule has 1 unspecified atom stereocenters. The maximum absolute atomic E-state index is 11.0. The monoisotopic (exact) mass is 411 g/mol. The molecule has 4 nitrogen and oxygen atoms in total. The van der Waals surface area contributed by atoms with E-state index in [1.807, 2.05) is 6.92 Å². The summed E-state index contributed by atoms with van der Waals surface area (Å²) in [5.41, 5.74) is 5.63. The average Bonchev–Trinajstić information content (AvgIpc) is 3.07. The number of rotatable bonds is 9. The predicted molar refractivity (Wildman–Crippen MR) is 114 cm³/mol. The molecule has 1 aliphatic rings. The number of hydrogen-bond acceptors (Lipinski definition) is 3. The first kappa shape index (κ1) is 22.7. The van der Waals surface area contributed by atoms with Gasteiger partial charge in [-0.1, -0.05) is 43.9 Å². The molecular formula is C21H34NO3PS. The minimum atomic E-state index is -3.98. The molecule has 2 rings (SSSR count). The van der Waals surface area contributed by atoms with E-state index in [-0.39, 0.29) is 6.16 Å². The Hall–Kier alpha value is -0.630. The smallest absolute Gasteiger partial charge is 0.325 e. The Morgan fingerprint density at radius 1 is 1.26 bits per heavy atom. The number of nitrogens with two attached hydrogens (primary N) is 1. The van der Waals surface area contributed by atoms with Gasteiger partial charge in [0.1, 0.15) is 0 Å². The Kier molecular flexibility index (Phi) is 9.05. The van der Waals surface area contributed by atoms with Gasteiger partial charge in [-0.3, -0.25) is 4.57 Å². The van der Waals surface area contributed by atoms with Crippen LogP contribution in [0, 0.1) is 17.8 Å². The molecule has 0 bridgehead atoms. The van der Waals surface area contributed by atoms with Crippen LogP contribution in [0.4, 0.5) is 0 Å². The van der Waals surface area contributed by atoms with Crippen molar-refractivity contribution in [1.29, 1.82) is 0 Å². The first-order chi connectivity index (χ1) is 12.7. The SMILES string of the molecule is CC(N)(CCc1ccc(C#CCCCC2CCCCC2)s1)CCP(=O)(O)O. The van der Waals surface area contributed by atoms with E-state index >= 15 is 0 Å². The molecule has 152 valence electrons. The van der Waals surface area contributed by atoms with Crippen LogP contribution in [0.1, 0.15) is 80.9 Å². The van der Waals surface area contributed by atoms with Crippen LogP contribution in [-0.4, -0.2) is 21.5 Å². The van der Waals surface area contributed by atoms with Crippen molar-refractivity contribution in [1.82, 2.24) is 0 Å². The van der Waals surface area contributed by atoms with Gasteiger partial charge in [0, 0.05) is 16.8 Å². The van der Waals surface area contributed by atoms with Gasteiger partial charge in [-0.15, -0.1) is 11.3 Å². The number of aryl methyl sites for hydroxylation is 1. The molecule has 1 aromatic rings. The van der Waals surface area contributed by atoms with Gasteiger partial charge >= 0.3 is 7.60 Å². The zero-order valence-electron chi connectivity index (χ0n) is 16.5. The molecular weight excluding hydrogens is 377 g/mol. The van der Waals surface area contributed by atoms with Gasteiger partial charge in [0.15, 0.2) is 0 Å². The van der Waals surface area contributed by atoms with E-state index in [0.717, 1.165) is 23.6 Å². The third kappa shape index (κ3) is 9.92. The lowest BCUT2D eigenvalue weighted by molar-refractivity contribution is 0.334. The van der Waals surface area contributed by atoms with Crippen LogP contribution in [0.15, 0.2) is 12.1 Å². The molecule has 1 saturated carbocycles. The molecule has 1 fully saturated rings. The molecule has 0 saturated heterocycles. The highest BCUT2D eigenvalue weighted by Crippen LogP contribution is 2.37. The van der Waals surface area contributed by atoms with Crippen molar-refractivity contribution >= 4 is 18.9 Å². The number of thiophene rings is 1. The molecule has 0 radical (unpaired) electrons. The minimum absolute atomic E-state index is 0.151. The van der Waals surface area contributed by atoms with Gasteiger partial charge < -0.3 is 15.5 Å². The fraction of sp³-hybridized carbons (Fsp3) is 0.714. The van der Waals surface area contributed by atoms with Crippen molar-refractivity contribution in [3.05, 3.63) is 21.9 Å². The normalized spacial score (nSPS) is 17.9. The van der Waals surface area contributed by atoms with Gasteiger partial charge in [-0.2, -0.15) is 0 Å². The summed E-state index contributed by atoms with van der Waals surface area (Å²) in [6.45, 7) is 1.86. The first-order valence-corrected chi connectivity index (χ1v) is 12.8. The van der Waals surface area contributed by atoms with Crippen molar-refractivity contribution in [2.45, 2.75) is 83.1 Å². The number of unbranched alkanes of at least 4 members (excludes halogenated alkanes) is 1. The highest BCUT2D eigenvalue weighted by molar-refractivity contribution is 7.51. The van der Waals surface area contributed by atoms with E-state index in [0.29, 0.717) is 12.8 Å². The quantitative estimate of drug-likeness (QED) is 0.301. The van der Waals surface area contributed by atoms with Crippen molar-refractivity contribution < 1.29 is 14.4 Å². The van der Waals surface area contributed by atoms with Gasteiger partial charge in [-0.05, 0) is 57.1 Å². The summed E-state index contributed by atoms with van der Waals surface area (Å²) >= 11 is 1.70. The highest BCUT2D eigenvalue weighted by Gasteiger charge is 2.23. The van der Waals surface area contributed by atoms with Crippen LogP contribution in [-0.2, 0) is 11.0 Å².